The number of ether oxygens (including phenoxy) is 1. The van der Waals surface area contributed by atoms with E-state index >= 15 is 0 Å². The van der Waals surface area contributed by atoms with Gasteiger partial charge in [0, 0.05) is 138 Å². The molecule has 19 rings (SSSR count). The Hall–Kier alpha value is -11.9. The lowest BCUT2D eigenvalue weighted by Crippen LogP contribution is -2.22. The molecular formula is C104H77Br4Cl9N16O9S4. The number of thioether (sulfide) groups is 2. The molecule has 0 aliphatic rings. The van der Waals surface area contributed by atoms with Crippen molar-refractivity contribution < 1.29 is 31.7 Å². The molecule has 0 bridgehead atoms. The monoisotopic (exact) mass is 2450 g/mol. The maximum absolute atomic E-state index is 13.9. The Morgan fingerprint density at radius 3 is 1.28 bits per heavy atom. The molecule has 742 valence electrons. The lowest BCUT2D eigenvalue weighted by atomic mass is 10.1. The Morgan fingerprint density at radius 2 is 0.856 bits per heavy atom. The largest absolute Gasteiger partial charge is 0.462 e. The van der Waals surface area contributed by atoms with Gasteiger partial charge in [-0.2, -0.15) is 15.3 Å². The number of nitrogen functional groups attached to an aromatic ring is 2. The van der Waals surface area contributed by atoms with Crippen LogP contribution >= 0.6 is 190 Å². The third-order valence-electron chi connectivity index (χ3n) is 20.1. The molecule has 0 aliphatic carbocycles. The molecule has 13 aromatic carbocycles. The van der Waals surface area contributed by atoms with Gasteiger partial charge in [0.25, 0.3) is 22.3 Å². The fraction of sp³-hybridized carbons (Fsp3) is 0.0481. The van der Waals surface area contributed by atoms with Gasteiger partial charge in [0.2, 0.25) is 9.23 Å². The van der Waals surface area contributed by atoms with Crippen LogP contribution in [0, 0.1) is 0 Å². The van der Waals surface area contributed by atoms with E-state index in [-0.39, 0.29) is 38.7 Å². The minimum absolute atomic E-state index is 0.137. The number of carbonyl (C=O) groups excluding carboxylic acids is 3. The molecule has 0 spiro atoms. The first-order valence-corrected chi connectivity index (χ1v) is 55.5. The minimum Gasteiger partial charge on any atom is -0.462 e. The van der Waals surface area contributed by atoms with Gasteiger partial charge in [-0.3, -0.25) is 38.3 Å². The molecule has 146 heavy (non-hydrogen) atoms. The quantitative estimate of drug-likeness (QED) is 0.0236. The lowest BCUT2D eigenvalue weighted by molar-refractivity contribution is 0.0527. The SMILES string of the molecule is CCOC(=O)c1cnn(-c2cccc(SC)c2)c1N.CS(=O)(=O)c1cccc(-n2ncc3c(=O)n(-c4ccc(Cl)cc4)c(-c4ccc(-c5cnccn5)cc4)nc32)c1.CSc1cccc(-n2ncc3c(=O)n(-c4ccc(Cl)cc4)c(-c4ccc(Br)cc4)nc32)c1.ClC(=Nc1ccc(Cl)cc1)c1ccc(Br)cc1.Nc1ccc(Cl)cc1.O=C(Cl)c1ccc(Br)cc1.O=C(Nc1ccc(Cl)cc1)c1ccc(Br)cc1.O=S(Cl)Cl. The molecule has 0 atom stereocenters. The smallest absolute Gasteiger partial charge is 0.343 e. The standard InChI is InChI=1S/C28H19ClN6O3S.C24H16BrClN4OS.C13H8BrCl2N.C13H9BrClNO.C13H15N3O2S.C7H4BrClO.C6H6ClN.Cl2OS/c1-39(37,38)23-4-2-3-22(15-23)35-27-24(16-32-35)28(36)34(21-11-9-20(29)10-12-21)26(33-27)19-7-5-18(6-8-19)25-17-30-13-14-31-25;1-32-20-4-2-3-19(13-20)30-23-21(14-27-30)24(31)29(18-11-9-17(26)10-12-18)22(28-23)15-5-7-16(25)8-6-15;14-10-3-1-9(2-4-10)13(16)17-12-7-5-11(15)6-8-12;14-10-3-1-9(2-4-10)13(17)16-12-7-5-11(15)6-8-12;1-3-18-13(17)11-8-15-16(12(11)14)9-5-4-6-10(7-9)19-2;8-6-3-1-5(2-4-6)7(9)10;7-5-1-3-6(8)4-2-5;1-4(2)3/h2-17H,1H3;2-14H,1H3;1-8H;1-8H,(H,16,17);4-8H,3,14H2,1-2H3;1-4H;1-4H,8H2;. The number of nitrogens with two attached hydrogens (primary N) is 2. The highest BCUT2D eigenvalue weighted by Crippen LogP contribution is 2.33. The molecular weight excluding hydrogens is 2380 g/mol. The number of hydrogen-bond acceptors (Lipinski definition) is 21. The Kier molecular flexibility index (Phi) is 42.2. The van der Waals surface area contributed by atoms with Crippen LogP contribution in [0.1, 0.15) is 43.6 Å². The third-order valence-corrected chi connectivity index (χ3v) is 26.6. The summed E-state index contributed by atoms with van der Waals surface area (Å²) in [7, 11) is 3.91. The van der Waals surface area contributed by atoms with Crippen LogP contribution in [0.4, 0.5) is 22.9 Å². The second kappa shape index (κ2) is 54.7. The number of aromatic nitrogens is 12. The first-order chi connectivity index (χ1) is 70.0. The van der Waals surface area contributed by atoms with Gasteiger partial charge in [0.1, 0.15) is 39.0 Å². The van der Waals surface area contributed by atoms with Crippen LogP contribution in [-0.4, -0.2) is 119 Å². The van der Waals surface area contributed by atoms with Gasteiger partial charge < -0.3 is 21.5 Å². The summed E-state index contributed by atoms with van der Waals surface area (Å²) < 4.78 is 50.0. The average molecular weight is 2460 g/mol. The number of esters is 1. The van der Waals surface area contributed by atoms with Crippen molar-refractivity contribution in [1.82, 2.24) is 58.4 Å². The fourth-order valence-electron chi connectivity index (χ4n) is 13.1. The molecule has 6 heterocycles. The molecule has 19 aromatic rings. The maximum atomic E-state index is 13.9. The van der Waals surface area contributed by atoms with Crippen LogP contribution in [0.3, 0.4) is 0 Å². The van der Waals surface area contributed by atoms with Crippen molar-refractivity contribution in [3.63, 3.8) is 0 Å². The zero-order chi connectivity index (χ0) is 105. The number of fused-ring (bicyclic) bond motifs is 2. The van der Waals surface area contributed by atoms with E-state index in [1.54, 1.807) is 210 Å². The van der Waals surface area contributed by atoms with Crippen LogP contribution < -0.4 is 27.9 Å². The predicted octanol–water partition coefficient (Wildman–Crippen LogP) is 29.0. The molecule has 5 N–H and O–H groups in total. The van der Waals surface area contributed by atoms with Gasteiger partial charge in [0.15, 0.2) is 21.1 Å². The van der Waals surface area contributed by atoms with E-state index in [1.165, 1.54) is 38.5 Å². The summed E-state index contributed by atoms with van der Waals surface area (Å²) in [6.45, 7) is 2.06. The Bertz CT molecular complexity index is 8050. The van der Waals surface area contributed by atoms with E-state index in [0.717, 1.165) is 84.1 Å². The van der Waals surface area contributed by atoms with Gasteiger partial charge in [-0.1, -0.05) is 200 Å². The first kappa shape index (κ1) is 113. The summed E-state index contributed by atoms with van der Waals surface area (Å²) >= 11 is 57.3. The van der Waals surface area contributed by atoms with Gasteiger partial charge in [-0.25, -0.2) is 46.4 Å². The van der Waals surface area contributed by atoms with E-state index in [4.69, 9.17) is 112 Å². The number of halogens is 13. The molecule has 6 aromatic heterocycles. The number of nitrogens with one attached hydrogen (secondary N) is 1. The number of amides is 1. The van der Waals surface area contributed by atoms with Crippen LogP contribution in [0.25, 0.3) is 84.5 Å². The van der Waals surface area contributed by atoms with Crippen molar-refractivity contribution in [2.45, 2.75) is 21.6 Å². The molecule has 0 saturated carbocycles. The average Bonchev–Trinajstić information content (AvgIpc) is 1.56. The zero-order valence-electron chi connectivity index (χ0n) is 76.4. The summed E-state index contributed by atoms with van der Waals surface area (Å²) in [6.07, 6.45) is 14.5. The highest BCUT2D eigenvalue weighted by atomic mass is 79.9. The predicted molar refractivity (Wildman–Crippen MR) is 610 cm³/mol. The molecule has 0 radical (unpaired) electrons. The van der Waals surface area contributed by atoms with Crippen LogP contribution in [-0.2, 0) is 23.8 Å². The molecule has 25 nitrogen and oxygen atoms in total. The van der Waals surface area contributed by atoms with E-state index in [1.807, 2.05) is 170 Å². The number of carbonyl (C=O) groups is 3. The Labute approximate surface area is 926 Å². The van der Waals surface area contributed by atoms with Crippen LogP contribution in [0.15, 0.2) is 400 Å². The second-order valence-corrected chi connectivity index (χ2v) is 42.8. The number of aliphatic imine (C=N–C) groups is 1. The number of nitrogens with zero attached hydrogens (tertiary/aromatic N) is 13. The Balaban J connectivity index is 0.000000159. The van der Waals surface area contributed by atoms with Gasteiger partial charge >= 0.3 is 5.97 Å². The molecule has 0 unspecified atom stereocenters. The van der Waals surface area contributed by atoms with E-state index in [0.29, 0.717) is 99.6 Å². The van der Waals surface area contributed by atoms with E-state index < -0.39 is 30.3 Å². The molecule has 0 fully saturated rings. The highest BCUT2D eigenvalue weighted by Gasteiger charge is 2.24. The summed E-state index contributed by atoms with van der Waals surface area (Å²) in [5.41, 5.74) is 22.6. The normalized spacial score (nSPS) is 10.8. The number of anilines is 3. The first-order valence-electron chi connectivity index (χ1n) is 42.6. The van der Waals surface area contributed by atoms with Crippen molar-refractivity contribution in [3.05, 3.63) is 439 Å². The maximum Gasteiger partial charge on any atom is 0.343 e. The molecule has 1 amide bonds. The topological polar surface area (TPSA) is 337 Å². The Morgan fingerprint density at radius 1 is 0.466 bits per heavy atom. The fourth-order valence-corrected chi connectivity index (χ4v) is 16.7. The number of benzene rings is 13. The van der Waals surface area contributed by atoms with E-state index in [2.05, 4.69) is 121 Å². The second-order valence-electron chi connectivity index (χ2n) is 30.0. The summed E-state index contributed by atoms with van der Waals surface area (Å²) in [6, 6.07) is 94.3. The number of rotatable bonds is 18. The zero-order valence-corrected chi connectivity index (χ0v) is 92.8. The minimum atomic E-state index is -3.45. The van der Waals surface area contributed by atoms with E-state index in [9.17, 15) is 32.4 Å². The van der Waals surface area contributed by atoms with Crippen LogP contribution in [0.2, 0.25) is 25.1 Å². The van der Waals surface area contributed by atoms with Crippen molar-refractivity contribution >= 4 is 276 Å². The number of hydrogen-bond donors (Lipinski definition) is 3. The number of sulfone groups is 1. The van der Waals surface area contributed by atoms with Crippen molar-refractivity contribution in [2.24, 2.45) is 4.99 Å². The summed E-state index contributed by atoms with van der Waals surface area (Å²) in [5.74, 6) is 0.602. The van der Waals surface area contributed by atoms with Crippen molar-refractivity contribution in [3.8, 4) is 62.5 Å². The van der Waals surface area contributed by atoms with Gasteiger partial charge in [-0.15, -0.1) is 23.5 Å². The molecule has 42 heteroatoms. The summed E-state index contributed by atoms with van der Waals surface area (Å²) in [5, 5.41) is 19.8. The molecule has 0 saturated heterocycles. The lowest BCUT2D eigenvalue weighted by Gasteiger charge is -2.14. The van der Waals surface area contributed by atoms with Gasteiger partial charge in [0.05, 0.1) is 76.1 Å². The van der Waals surface area contributed by atoms with Crippen molar-refractivity contribution in [1.29, 1.82) is 0 Å². The van der Waals surface area contributed by atoms with Crippen molar-refractivity contribution in [2.75, 3.05) is 42.2 Å². The highest BCUT2D eigenvalue weighted by molar-refractivity contribution is 9.11. The third kappa shape index (κ3) is 32.0. The summed E-state index contributed by atoms with van der Waals surface area (Å²) in [4.78, 5) is 86.5. The van der Waals surface area contributed by atoms with Gasteiger partial charge in [-0.05, 0) is 280 Å². The van der Waals surface area contributed by atoms with Crippen LogP contribution in [0.5, 0.6) is 0 Å². The molecule has 0 aliphatic heterocycles.